The van der Waals surface area contributed by atoms with Crippen LogP contribution in [0.15, 0.2) is 29.4 Å². The maximum atomic E-state index is 4.64. The molecular weight excluding hydrogens is 260 g/mol. The summed E-state index contributed by atoms with van der Waals surface area (Å²) in [7, 11) is 1.99. The summed E-state index contributed by atoms with van der Waals surface area (Å²) in [4.78, 5) is 4.56. The van der Waals surface area contributed by atoms with Crippen LogP contribution in [0.4, 0.5) is 0 Å². The van der Waals surface area contributed by atoms with Crippen molar-refractivity contribution in [3.63, 3.8) is 0 Å². The molecule has 1 aromatic carbocycles. The highest BCUT2D eigenvalue weighted by Crippen LogP contribution is 2.25. The van der Waals surface area contributed by atoms with E-state index in [4.69, 9.17) is 0 Å². The number of hydrogen-bond donors (Lipinski definition) is 0. The van der Waals surface area contributed by atoms with Crippen LogP contribution in [0, 0.1) is 0 Å². The molecule has 94 valence electrons. The van der Waals surface area contributed by atoms with E-state index < -0.39 is 0 Å². The average Bonchev–Trinajstić information content (AvgIpc) is 2.98. The van der Waals surface area contributed by atoms with E-state index in [9.17, 15) is 0 Å². The van der Waals surface area contributed by atoms with Gasteiger partial charge in [0.2, 0.25) is 5.16 Å². The minimum Gasteiger partial charge on any atom is -0.327 e. The Hall–Kier alpha value is -2.15. The van der Waals surface area contributed by atoms with Crippen LogP contribution in [0.2, 0.25) is 0 Å². The minimum absolute atomic E-state index is 0.530. The van der Waals surface area contributed by atoms with Crippen LogP contribution in [0.1, 0.15) is 0 Å². The molecule has 0 amide bonds. The molecule has 4 aromatic rings. The van der Waals surface area contributed by atoms with Gasteiger partial charge in [-0.25, -0.2) is 0 Å². The molecule has 0 aliphatic carbocycles. The maximum Gasteiger partial charge on any atom is 0.274 e. The fourth-order valence-electron chi connectivity index (χ4n) is 2.32. The first-order valence-corrected chi connectivity index (χ1v) is 7.02. The quantitative estimate of drug-likeness (QED) is 0.494. The molecular formula is C12H10N6S. The van der Waals surface area contributed by atoms with Gasteiger partial charge < -0.3 is 4.57 Å². The van der Waals surface area contributed by atoms with Gasteiger partial charge in [0, 0.05) is 12.4 Å². The van der Waals surface area contributed by atoms with Crippen molar-refractivity contribution in [1.82, 2.24) is 29.4 Å². The summed E-state index contributed by atoms with van der Waals surface area (Å²) in [6, 6.07) is 8.15. The number of thioether (sulfide) groups is 1. The van der Waals surface area contributed by atoms with Gasteiger partial charge in [-0.05, 0) is 12.3 Å². The van der Waals surface area contributed by atoms with Crippen molar-refractivity contribution < 1.29 is 0 Å². The number of nitrogens with zero attached hydrogens (tertiary/aromatic N) is 6. The highest BCUT2D eigenvalue weighted by atomic mass is 32.2. The molecule has 0 radical (unpaired) electrons. The van der Waals surface area contributed by atoms with E-state index in [1.165, 1.54) is 11.8 Å². The van der Waals surface area contributed by atoms with Crippen LogP contribution in [0.25, 0.3) is 27.8 Å². The molecule has 0 fully saturated rings. The van der Waals surface area contributed by atoms with Gasteiger partial charge >= 0.3 is 0 Å². The summed E-state index contributed by atoms with van der Waals surface area (Å²) in [5.41, 5.74) is 2.82. The minimum atomic E-state index is 0.530. The lowest BCUT2D eigenvalue weighted by Gasteiger charge is -1.97. The third kappa shape index (κ3) is 1.33. The largest absolute Gasteiger partial charge is 0.327 e. The number of para-hydroxylation sites is 1. The molecule has 19 heavy (non-hydrogen) atoms. The first-order valence-electron chi connectivity index (χ1n) is 5.80. The van der Waals surface area contributed by atoms with Crippen LogP contribution >= 0.6 is 11.8 Å². The van der Waals surface area contributed by atoms with Crippen molar-refractivity contribution in [2.75, 3.05) is 6.26 Å². The van der Waals surface area contributed by atoms with Crippen LogP contribution in [0.5, 0.6) is 0 Å². The van der Waals surface area contributed by atoms with E-state index in [1.807, 2.05) is 30.0 Å². The van der Waals surface area contributed by atoms with Crippen LogP contribution < -0.4 is 0 Å². The zero-order valence-corrected chi connectivity index (χ0v) is 11.2. The third-order valence-corrected chi connectivity index (χ3v) is 3.85. The molecule has 0 atom stereocenters. The lowest BCUT2D eigenvalue weighted by molar-refractivity contribution is 0.817. The second-order valence-corrected chi connectivity index (χ2v) is 5.03. The summed E-state index contributed by atoms with van der Waals surface area (Å²) in [5.74, 6) is 0.530. The van der Waals surface area contributed by atoms with Crippen molar-refractivity contribution in [3.8, 4) is 0 Å². The maximum absolute atomic E-state index is 4.64. The zero-order valence-electron chi connectivity index (χ0n) is 10.4. The summed E-state index contributed by atoms with van der Waals surface area (Å²) in [5, 5.41) is 14.6. The summed E-state index contributed by atoms with van der Waals surface area (Å²) < 4.78 is 3.73. The Morgan fingerprint density at radius 1 is 1.16 bits per heavy atom. The predicted molar refractivity (Wildman–Crippen MR) is 74.3 cm³/mol. The van der Waals surface area contributed by atoms with Gasteiger partial charge in [-0.1, -0.05) is 30.0 Å². The average molecular weight is 270 g/mol. The van der Waals surface area contributed by atoms with Gasteiger partial charge in [0.05, 0.1) is 5.52 Å². The highest BCUT2D eigenvalue weighted by Gasteiger charge is 2.14. The predicted octanol–water partition coefficient (Wildman–Crippen LogP) is 1.89. The third-order valence-electron chi connectivity index (χ3n) is 3.23. The zero-order chi connectivity index (χ0) is 13.0. The van der Waals surface area contributed by atoms with Crippen molar-refractivity contribution >= 4 is 39.6 Å². The lowest BCUT2D eigenvalue weighted by Crippen LogP contribution is -1.98. The second kappa shape index (κ2) is 3.67. The van der Waals surface area contributed by atoms with Gasteiger partial charge in [0.15, 0.2) is 5.65 Å². The van der Waals surface area contributed by atoms with Crippen molar-refractivity contribution in [2.24, 2.45) is 7.05 Å². The topological polar surface area (TPSA) is 60.9 Å². The molecule has 0 aliphatic rings. The number of benzene rings is 1. The first kappa shape index (κ1) is 10.7. The fourth-order valence-corrected chi connectivity index (χ4v) is 2.74. The summed E-state index contributed by atoms with van der Waals surface area (Å²) in [6.07, 6.45) is 1.95. The lowest BCUT2D eigenvalue weighted by atomic mass is 10.2. The monoisotopic (exact) mass is 270 g/mol. The number of rotatable bonds is 1. The highest BCUT2D eigenvalue weighted by molar-refractivity contribution is 7.98. The van der Waals surface area contributed by atoms with E-state index in [0.29, 0.717) is 5.78 Å². The summed E-state index contributed by atoms with van der Waals surface area (Å²) >= 11 is 1.51. The van der Waals surface area contributed by atoms with E-state index in [2.05, 4.69) is 32.4 Å². The van der Waals surface area contributed by atoms with E-state index in [1.54, 1.807) is 4.52 Å². The molecule has 0 N–H and O–H groups in total. The molecule has 6 nitrogen and oxygen atoms in total. The van der Waals surface area contributed by atoms with Crippen LogP contribution in [-0.2, 0) is 7.05 Å². The molecule has 0 bridgehead atoms. The Kier molecular flexibility index (Phi) is 2.08. The molecule has 0 saturated carbocycles. The van der Waals surface area contributed by atoms with Gasteiger partial charge in [-0.15, -0.1) is 10.2 Å². The van der Waals surface area contributed by atoms with Gasteiger partial charge in [-0.3, -0.25) is 0 Å². The Balaban J connectivity index is 2.26. The molecule has 7 heteroatoms. The van der Waals surface area contributed by atoms with E-state index in [0.717, 1.165) is 27.2 Å². The number of aryl methyl sites for hydroxylation is 1. The first-order chi connectivity index (χ1) is 9.29. The van der Waals surface area contributed by atoms with E-state index in [-0.39, 0.29) is 0 Å². The van der Waals surface area contributed by atoms with Crippen LogP contribution in [0.3, 0.4) is 0 Å². The van der Waals surface area contributed by atoms with Gasteiger partial charge in [0.1, 0.15) is 5.52 Å². The molecule has 0 aliphatic heterocycles. The number of hydrogen-bond acceptors (Lipinski definition) is 5. The Morgan fingerprint density at radius 3 is 2.84 bits per heavy atom. The molecule has 0 spiro atoms. The van der Waals surface area contributed by atoms with Crippen molar-refractivity contribution in [3.05, 3.63) is 24.3 Å². The van der Waals surface area contributed by atoms with Crippen molar-refractivity contribution in [2.45, 2.75) is 5.16 Å². The van der Waals surface area contributed by atoms with E-state index >= 15 is 0 Å². The standard InChI is InChI=1S/C12H10N6S/c1-17-8-6-4-3-5-7(8)9-10(17)13-11-14-15-12(19-2)18(11)16-9/h3-6H,1-2H3. The number of aromatic nitrogens is 6. The Morgan fingerprint density at radius 2 is 2.00 bits per heavy atom. The Labute approximate surface area is 112 Å². The SMILES string of the molecule is CSc1nnc2nc3c(nn12)c1ccccc1n3C. The fraction of sp³-hybridized carbons (Fsp3) is 0.167. The second-order valence-electron chi connectivity index (χ2n) is 4.26. The molecule has 3 aromatic heterocycles. The molecule has 0 unspecified atom stereocenters. The Bertz CT molecular complexity index is 922. The van der Waals surface area contributed by atoms with Crippen LogP contribution in [-0.4, -0.2) is 35.6 Å². The van der Waals surface area contributed by atoms with Crippen molar-refractivity contribution in [1.29, 1.82) is 0 Å². The normalized spacial score (nSPS) is 11.9. The number of fused-ring (bicyclic) bond motifs is 4. The summed E-state index contributed by atoms with van der Waals surface area (Å²) in [6.45, 7) is 0. The molecule has 4 rings (SSSR count). The molecule has 3 heterocycles. The smallest absolute Gasteiger partial charge is 0.274 e. The molecule has 0 saturated heterocycles. The van der Waals surface area contributed by atoms with Gasteiger partial charge in [0.25, 0.3) is 5.78 Å². The van der Waals surface area contributed by atoms with Gasteiger partial charge in [-0.2, -0.15) is 14.6 Å².